The highest BCUT2D eigenvalue weighted by Gasteiger charge is 2.10. The molecule has 1 aromatic heterocycles. The molecule has 0 atom stereocenters. The zero-order valence-corrected chi connectivity index (χ0v) is 12.2. The zero-order valence-electron chi connectivity index (χ0n) is 12.2. The summed E-state index contributed by atoms with van der Waals surface area (Å²) >= 11 is 0. The van der Waals surface area contributed by atoms with Gasteiger partial charge in [-0.3, -0.25) is 0 Å². The van der Waals surface area contributed by atoms with E-state index in [1.165, 1.54) is 0 Å². The van der Waals surface area contributed by atoms with E-state index >= 15 is 0 Å². The standard InChI is InChI=1S/C15H16N6/c1-10-5-4-6-11(7-10)8-12(9-16)13-18-14(17)20-15(19-13)21(2)3/h4-8H,1-3H3,(H2,17,18,19,20). The number of allylic oxidation sites excluding steroid dienone is 1. The van der Waals surface area contributed by atoms with E-state index in [1.54, 1.807) is 25.1 Å². The SMILES string of the molecule is Cc1cccc(C=C(C#N)c2nc(N)nc(N(C)C)n2)c1. The van der Waals surface area contributed by atoms with Gasteiger partial charge in [0.1, 0.15) is 6.07 Å². The average Bonchev–Trinajstić information content (AvgIpc) is 2.44. The second kappa shape index (κ2) is 6.01. The van der Waals surface area contributed by atoms with Gasteiger partial charge in [-0.05, 0) is 18.6 Å². The molecule has 2 aromatic rings. The molecule has 0 radical (unpaired) electrons. The molecule has 0 amide bonds. The molecular formula is C15H16N6. The lowest BCUT2D eigenvalue weighted by molar-refractivity contribution is 0.952. The van der Waals surface area contributed by atoms with Crippen LogP contribution in [0.4, 0.5) is 11.9 Å². The normalized spacial score (nSPS) is 11.0. The fraction of sp³-hybridized carbons (Fsp3) is 0.200. The highest BCUT2D eigenvalue weighted by atomic mass is 15.3. The Hall–Kier alpha value is -2.94. The van der Waals surface area contributed by atoms with Gasteiger partial charge in [-0.15, -0.1) is 0 Å². The Morgan fingerprint density at radius 3 is 2.67 bits per heavy atom. The van der Waals surface area contributed by atoms with Crippen molar-refractivity contribution in [2.45, 2.75) is 6.92 Å². The van der Waals surface area contributed by atoms with Crippen LogP contribution >= 0.6 is 0 Å². The minimum atomic E-state index is 0.0918. The number of aryl methyl sites for hydroxylation is 1. The fourth-order valence-corrected chi connectivity index (χ4v) is 1.77. The molecule has 0 saturated heterocycles. The van der Waals surface area contributed by atoms with Crippen LogP contribution in [0, 0.1) is 18.3 Å². The lowest BCUT2D eigenvalue weighted by Crippen LogP contribution is -2.15. The minimum Gasteiger partial charge on any atom is -0.368 e. The zero-order chi connectivity index (χ0) is 15.4. The average molecular weight is 280 g/mol. The number of anilines is 2. The summed E-state index contributed by atoms with van der Waals surface area (Å²) in [4.78, 5) is 14.0. The lowest BCUT2D eigenvalue weighted by atomic mass is 10.1. The van der Waals surface area contributed by atoms with Gasteiger partial charge in [0, 0.05) is 14.1 Å². The van der Waals surface area contributed by atoms with E-state index in [2.05, 4.69) is 21.0 Å². The summed E-state index contributed by atoms with van der Waals surface area (Å²) in [5, 5.41) is 9.36. The maximum absolute atomic E-state index is 9.36. The molecule has 0 spiro atoms. The summed E-state index contributed by atoms with van der Waals surface area (Å²) in [5.74, 6) is 0.784. The largest absolute Gasteiger partial charge is 0.368 e. The third-order valence-corrected chi connectivity index (χ3v) is 2.76. The van der Waals surface area contributed by atoms with Gasteiger partial charge < -0.3 is 10.6 Å². The van der Waals surface area contributed by atoms with Gasteiger partial charge in [0.25, 0.3) is 0 Å². The molecule has 2 rings (SSSR count). The Kier molecular flexibility index (Phi) is 4.14. The van der Waals surface area contributed by atoms with Crippen LogP contribution < -0.4 is 10.6 Å². The first-order valence-electron chi connectivity index (χ1n) is 6.37. The van der Waals surface area contributed by atoms with E-state index in [0.717, 1.165) is 11.1 Å². The van der Waals surface area contributed by atoms with Gasteiger partial charge in [0.2, 0.25) is 11.9 Å². The highest BCUT2D eigenvalue weighted by Crippen LogP contribution is 2.17. The van der Waals surface area contributed by atoms with Gasteiger partial charge in [-0.2, -0.15) is 20.2 Å². The molecular weight excluding hydrogens is 264 g/mol. The number of nitrogens with zero attached hydrogens (tertiary/aromatic N) is 5. The van der Waals surface area contributed by atoms with Crippen molar-refractivity contribution >= 4 is 23.5 Å². The van der Waals surface area contributed by atoms with Crippen LogP contribution in [0.3, 0.4) is 0 Å². The first-order valence-corrected chi connectivity index (χ1v) is 6.37. The van der Waals surface area contributed by atoms with E-state index in [1.807, 2.05) is 31.2 Å². The summed E-state index contributed by atoms with van der Waals surface area (Å²) in [5.41, 5.74) is 8.06. The predicted molar refractivity (Wildman–Crippen MR) is 83.2 cm³/mol. The molecule has 1 aromatic carbocycles. The summed E-state index contributed by atoms with van der Waals surface area (Å²) in [7, 11) is 3.60. The van der Waals surface area contributed by atoms with E-state index in [0.29, 0.717) is 11.5 Å². The van der Waals surface area contributed by atoms with E-state index in [-0.39, 0.29) is 11.8 Å². The highest BCUT2D eigenvalue weighted by molar-refractivity contribution is 5.87. The van der Waals surface area contributed by atoms with Crippen molar-refractivity contribution in [2.24, 2.45) is 0 Å². The molecule has 0 unspecified atom stereocenters. The molecule has 0 aliphatic heterocycles. The van der Waals surface area contributed by atoms with Crippen molar-refractivity contribution < 1.29 is 0 Å². The summed E-state index contributed by atoms with van der Waals surface area (Å²) in [6.45, 7) is 1.99. The van der Waals surface area contributed by atoms with E-state index < -0.39 is 0 Å². The van der Waals surface area contributed by atoms with Crippen LogP contribution in [0.1, 0.15) is 17.0 Å². The van der Waals surface area contributed by atoms with Crippen LogP contribution in [0.5, 0.6) is 0 Å². The van der Waals surface area contributed by atoms with Gasteiger partial charge in [-0.1, -0.05) is 29.8 Å². The third-order valence-electron chi connectivity index (χ3n) is 2.76. The number of nitrogen functional groups attached to an aromatic ring is 1. The molecule has 2 N–H and O–H groups in total. The summed E-state index contributed by atoms with van der Waals surface area (Å²) in [6.07, 6.45) is 1.74. The van der Waals surface area contributed by atoms with Crippen molar-refractivity contribution in [3.8, 4) is 6.07 Å². The molecule has 21 heavy (non-hydrogen) atoms. The number of rotatable bonds is 3. The van der Waals surface area contributed by atoms with Gasteiger partial charge >= 0.3 is 0 Å². The minimum absolute atomic E-state index is 0.0918. The second-order valence-electron chi connectivity index (χ2n) is 4.80. The number of hydrogen-bond acceptors (Lipinski definition) is 6. The monoisotopic (exact) mass is 280 g/mol. The molecule has 0 fully saturated rings. The quantitative estimate of drug-likeness (QED) is 0.863. The Morgan fingerprint density at radius 2 is 2.05 bits per heavy atom. The maximum Gasteiger partial charge on any atom is 0.230 e. The molecule has 0 saturated carbocycles. The fourth-order valence-electron chi connectivity index (χ4n) is 1.77. The maximum atomic E-state index is 9.36. The van der Waals surface area contributed by atoms with Crippen molar-refractivity contribution in [1.82, 2.24) is 15.0 Å². The molecule has 6 nitrogen and oxygen atoms in total. The molecule has 0 aliphatic carbocycles. The Balaban J connectivity index is 2.49. The van der Waals surface area contributed by atoms with E-state index in [4.69, 9.17) is 5.73 Å². The summed E-state index contributed by atoms with van der Waals surface area (Å²) in [6, 6.07) is 9.94. The second-order valence-corrected chi connectivity index (χ2v) is 4.80. The Labute approximate surface area is 123 Å². The molecule has 1 heterocycles. The van der Waals surface area contributed by atoms with Crippen molar-refractivity contribution in [3.63, 3.8) is 0 Å². The number of benzene rings is 1. The van der Waals surface area contributed by atoms with Crippen molar-refractivity contribution in [1.29, 1.82) is 5.26 Å². The summed E-state index contributed by atoms with van der Waals surface area (Å²) < 4.78 is 0. The number of nitriles is 1. The molecule has 106 valence electrons. The van der Waals surface area contributed by atoms with E-state index in [9.17, 15) is 5.26 Å². The predicted octanol–water partition coefficient (Wildman–Crippen LogP) is 1.89. The van der Waals surface area contributed by atoms with Gasteiger partial charge in [0.15, 0.2) is 5.82 Å². The van der Waals surface area contributed by atoms with Crippen LogP contribution in [0.2, 0.25) is 0 Å². The van der Waals surface area contributed by atoms with Gasteiger partial charge in [0.05, 0.1) is 5.57 Å². The Bertz CT molecular complexity index is 727. The van der Waals surface area contributed by atoms with Crippen LogP contribution in [0.15, 0.2) is 24.3 Å². The number of aromatic nitrogens is 3. The Morgan fingerprint density at radius 1 is 1.29 bits per heavy atom. The topological polar surface area (TPSA) is 91.7 Å². The molecule has 6 heteroatoms. The van der Waals surface area contributed by atoms with Gasteiger partial charge in [-0.25, -0.2) is 0 Å². The first-order chi connectivity index (χ1) is 9.99. The number of nitrogens with two attached hydrogens (primary N) is 1. The van der Waals surface area contributed by atoms with Crippen molar-refractivity contribution in [3.05, 3.63) is 41.2 Å². The van der Waals surface area contributed by atoms with Crippen LogP contribution in [-0.4, -0.2) is 29.0 Å². The first kappa shape index (κ1) is 14.5. The van der Waals surface area contributed by atoms with Crippen LogP contribution in [-0.2, 0) is 0 Å². The molecule has 0 bridgehead atoms. The third kappa shape index (κ3) is 3.54. The number of hydrogen-bond donors (Lipinski definition) is 1. The smallest absolute Gasteiger partial charge is 0.230 e. The van der Waals surface area contributed by atoms with Crippen molar-refractivity contribution in [2.75, 3.05) is 24.7 Å². The van der Waals surface area contributed by atoms with Crippen LogP contribution in [0.25, 0.3) is 11.6 Å². The molecule has 0 aliphatic rings. The lowest BCUT2D eigenvalue weighted by Gasteiger charge is -2.11.